The zero-order chi connectivity index (χ0) is 19.3. The van der Waals surface area contributed by atoms with Gasteiger partial charge in [-0.1, -0.05) is 5.16 Å². The number of furan rings is 1. The van der Waals surface area contributed by atoms with Crippen molar-refractivity contribution in [3.05, 3.63) is 34.9 Å². The summed E-state index contributed by atoms with van der Waals surface area (Å²) >= 11 is 0. The van der Waals surface area contributed by atoms with E-state index in [0.717, 1.165) is 29.9 Å². The van der Waals surface area contributed by atoms with Crippen LogP contribution in [0, 0.1) is 26.7 Å². The molecule has 0 saturated heterocycles. The molecule has 0 aromatic carbocycles. The number of hydrogen-bond donors (Lipinski definition) is 2. The molecule has 4 rings (SSSR count). The Kier molecular flexibility index (Phi) is 4.07. The van der Waals surface area contributed by atoms with Crippen molar-refractivity contribution in [2.45, 2.75) is 46.1 Å². The largest absolute Gasteiger partial charge is 0.466 e. The van der Waals surface area contributed by atoms with Gasteiger partial charge >= 0.3 is 0 Å². The minimum absolute atomic E-state index is 0.187. The number of carbonyl (C=O) groups is 1. The molecule has 0 bridgehead atoms. The standard InChI is InChI=1S/C20H24N4O3/c1-10-7-14(12(3)26-10)16-8-15(17-11(2)24-27-19(17)22-16)18(25)23-20(4,9-21)13-5-6-13/h7-8,13H,5-6,9,21H2,1-4H3,(H,23,25). The van der Waals surface area contributed by atoms with Crippen molar-refractivity contribution in [1.82, 2.24) is 15.5 Å². The highest BCUT2D eigenvalue weighted by molar-refractivity contribution is 6.07. The first kappa shape index (κ1) is 17.7. The van der Waals surface area contributed by atoms with Crippen LogP contribution in [0.4, 0.5) is 0 Å². The molecule has 3 N–H and O–H groups in total. The van der Waals surface area contributed by atoms with Gasteiger partial charge in [-0.3, -0.25) is 4.79 Å². The summed E-state index contributed by atoms with van der Waals surface area (Å²) in [5, 5.41) is 7.77. The lowest BCUT2D eigenvalue weighted by atomic mass is 9.95. The molecule has 142 valence electrons. The van der Waals surface area contributed by atoms with Crippen molar-refractivity contribution in [1.29, 1.82) is 0 Å². The lowest BCUT2D eigenvalue weighted by Gasteiger charge is -2.29. The Labute approximate surface area is 157 Å². The number of pyridine rings is 1. The molecule has 1 atom stereocenters. The molecule has 0 aliphatic heterocycles. The molecule has 3 aromatic rings. The van der Waals surface area contributed by atoms with Crippen molar-refractivity contribution < 1.29 is 13.7 Å². The highest BCUT2D eigenvalue weighted by Crippen LogP contribution is 2.39. The molecule has 1 amide bonds. The van der Waals surface area contributed by atoms with Crippen LogP contribution in [0.2, 0.25) is 0 Å². The van der Waals surface area contributed by atoms with Gasteiger partial charge in [0.05, 0.1) is 27.9 Å². The lowest BCUT2D eigenvalue weighted by molar-refractivity contribution is 0.0899. The fourth-order valence-electron chi connectivity index (χ4n) is 3.66. The third-order valence-corrected chi connectivity index (χ3v) is 5.48. The number of hydrogen-bond acceptors (Lipinski definition) is 6. The first-order chi connectivity index (χ1) is 12.8. The molecular formula is C20H24N4O3. The normalized spacial score (nSPS) is 16.5. The maximum atomic E-state index is 13.2. The molecule has 1 fully saturated rings. The van der Waals surface area contributed by atoms with Crippen LogP contribution >= 0.6 is 0 Å². The number of amides is 1. The van der Waals surface area contributed by atoms with Crippen LogP contribution in [0.5, 0.6) is 0 Å². The summed E-state index contributed by atoms with van der Waals surface area (Å²) < 4.78 is 11.0. The van der Waals surface area contributed by atoms with E-state index in [0.29, 0.717) is 40.5 Å². The van der Waals surface area contributed by atoms with Crippen molar-refractivity contribution in [3.63, 3.8) is 0 Å². The highest BCUT2D eigenvalue weighted by Gasteiger charge is 2.42. The predicted octanol–water partition coefficient (Wildman–Crippen LogP) is 3.27. The number of nitrogens with two attached hydrogens (primary N) is 1. The predicted molar refractivity (Wildman–Crippen MR) is 101 cm³/mol. The molecule has 3 aromatic heterocycles. The van der Waals surface area contributed by atoms with E-state index in [4.69, 9.17) is 14.7 Å². The van der Waals surface area contributed by atoms with E-state index in [9.17, 15) is 4.79 Å². The summed E-state index contributed by atoms with van der Waals surface area (Å²) in [4.78, 5) is 17.8. The van der Waals surface area contributed by atoms with Crippen LogP contribution in [0.15, 0.2) is 21.1 Å². The third kappa shape index (κ3) is 3.02. The van der Waals surface area contributed by atoms with Crippen LogP contribution in [-0.4, -0.2) is 28.1 Å². The third-order valence-electron chi connectivity index (χ3n) is 5.48. The SMILES string of the molecule is Cc1cc(-c2cc(C(=O)NC(C)(CN)C3CC3)c3c(C)noc3n2)c(C)o1. The topological polar surface area (TPSA) is 107 Å². The second-order valence-electron chi connectivity index (χ2n) is 7.68. The summed E-state index contributed by atoms with van der Waals surface area (Å²) in [5.41, 5.74) is 8.48. The Morgan fingerprint density at radius 1 is 1.33 bits per heavy atom. The zero-order valence-corrected chi connectivity index (χ0v) is 16.0. The molecule has 3 heterocycles. The van der Waals surface area contributed by atoms with Crippen molar-refractivity contribution in [2.75, 3.05) is 6.54 Å². The van der Waals surface area contributed by atoms with E-state index in [-0.39, 0.29) is 5.91 Å². The van der Waals surface area contributed by atoms with Crippen LogP contribution in [0.3, 0.4) is 0 Å². The van der Waals surface area contributed by atoms with Gasteiger partial charge in [0.2, 0.25) is 0 Å². The van der Waals surface area contributed by atoms with Gasteiger partial charge in [-0.2, -0.15) is 0 Å². The maximum Gasteiger partial charge on any atom is 0.259 e. The van der Waals surface area contributed by atoms with Crippen LogP contribution in [0.1, 0.15) is 47.3 Å². The first-order valence-electron chi connectivity index (χ1n) is 9.19. The number of nitrogens with zero attached hydrogens (tertiary/aromatic N) is 2. The Balaban J connectivity index is 1.82. The number of fused-ring (bicyclic) bond motifs is 1. The Morgan fingerprint density at radius 2 is 2.07 bits per heavy atom. The molecular weight excluding hydrogens is 344 g/mol. The van der Waals surface area contributed by atoms with E-state index in [1.165, 1.54) is 0 Å². The van der Waals surface area contributed by atoms with E-state index in [1.807, 2.05) is 26.8 Å². The number of carbonyl (C=O) groups excluding carboxylic acids is 1. The van der Waals surface area contributed by atoms with Crippen LogP contribution < -0.4 is 11.1 Å². The summed E-state index contributed by atoms with van der Waals surface area (Å²) in [6.07, 6.45) is 2.18. The summed E-state index contributed by atoms with van der Waals surface area (Å²) in [7, 11) is 0. The zero-order valence-electron chi connectivity index (χ0n) is 16.0. The monoisotopic (exact) mass is 368 g/mol. The second-order valence-corrected chi connectivity index (χ2v) is 7.68. The van der Waals surface area contributed by atoms with E-state index in [1.54, 1.807) is 13.0 Å². The lowest BCUT2D eigenvalue weighted by Crippen LogP contribution is -2.53. The fraction of sp³-hybridized carbons (Fsp3) is 0.450. The molecule has 7 heteroatoms. The Hall–Kier alpha value is -2.67. The van der Waals surface area contributed by atoms with Gasteiger partial charge in [0, 0.05) is 12.1 Å². The van der Waals surface area contributed by atoms with E-state index < -0.39 is 5.54 Å². The maximum absolute atomic E-state index is 13.2. The number of aryl methyl sites for hydroxylation is 3. The van der Waals surface area contributed by atoms with E-state index in [2.05, 4.69) is 15.5 Å². The van der Waals surface area contributed by atoms with Gasteiger partial charge in [0.25, 0.3) is 11.6 Å². The fourth-order valence-corrected chi connectivity index (χ4v) is 3.66. The Bertz CT molecular complexity index is 1030. The van der Waals surface area contributed by atoms with Gasteiger partial charge in [-0.15, -0.1) is 0 Å². The van der Waals surface area contributed by atoms with Gasteiger partial charge in [0.1, 0.15) is 11.5 Å². The molecule has 7 nitrogen and oxygen atoms in total. The minimum Gasteiger partial charge on any atom is -0.466 e. The molecule has 0 radical (unpaired) electrons. The van der Waals surface area contributed by atoms with Gasteiger partial charge in [-0.25, -0.2) is 4.98 Å². The highest BCUT2D eigenvalue weighted by atomic mass is 16.5. The smallest absolute Gasteiger partial charge is 0.259 e. The minimum atomic E-state index is -0.417. The number of nitrogens with one attached hydrogen (secondary N) is 1. The van der Waals surface area contributed by atoms with Gasteiger partial charge in [-0.05, 0) is 58.6 Å². The van der Waals surface area contributed by atoms with Gasteiger partial charge < -0.3 is 20.0 Å². The van der Waals surface area contributed by atoms with Gasteiger partial charge in [0.15, 0.2) is 0 Å². The number of aromatic nitrogens is 2. The van der Waals surface area contributed by atoms with Crippen molar-refractivity contribution >= 4 is 17.0 Å². The van der Waals surface area contributed by atoms with Crippen LogP contribution in [0.25, 0.3) is 22.4 Å². The molecule has 27 heavy (non-hydrogen) atoms. The average Bonchev–Trinajstić information content (AvgIpc) is 3.36. The van der Waals surface area contributed by atoms with Crippen LogP contribution in [-0.2, 0) is 0 Å². The Morgan fingerprint density at radius 3 is 2.67 bits per heavy atom. The summed E-state index contributed by atoms with van der Waals surface area (Å²) in [6.45, 7) is 7.96. The molecule has 1 unspecified atom stereocenters. The molecule has 1 aliphatic carbocycles. The first-order valence-corrected chi connectivity index (χ1v) is 9.19. The van der Waals surface area contributed by atoms with E-state index >= 15 is 0 Å². The quantitative estimate of drug-likeness (QED) is 0.716. The van der Waals surface area contributed by atoms with Crippen molar-refractivity contribution in [3.8, 4) is 11.3 Å². The number of rotatable bonds is 5. The molecule has 0 spiro atoms. The second kappa shape index (κ2) is 6.20. The molecule has 1 saturated carbocycles. The summed E-state index contributed by atoms with van der Waals surface area (Å²) in [5.74, 6) is 1.76. The van der Waals surface area contributed by atoms with Crippen molar-refractivity contribution in [2.24, 2.45) is 11.7 Å². The summed E-state index contributed by atoms with van der Waals surface area (Å²) in [6, 6.07) is 3.69. The average molecular weight is 368 g/mol. The molecule has 1 aliphatic rings.